The van der Waals surface area contributed by atoms with E-state index < -0.39 is 23.8 Å². The predicted octanol–water partition coefficient (Wildman–Crippen LogP) is 1.42. The fourth-order valence-corrected chi connectivity index (χ4v) is 4.03. The topological polar surface area (TPSA) is 85.8 Å². The molecule has 2 saturated heterocycles. The third kappa shape index (κ3) is 5.28. The van der Waals surface area contributed by atoms with Crippen LogP contribution in [0.4, 0.5) is 9.18 Å². The van der Waals surface area contributed by atoms with Crippen LogP contribution in [0.15, 0.2) is 48.7 Å². The van der Waals surface area contributed by atoms with Gasteiger partial charge in [-0.1, -0.05) is 18.2 Å². The first-order chi connectivity index (χ1) is 15.5. The SMILES string of the molecule is O=C(C[C@@H]1NC(=O)N(Cc2cccc(F)c2)C1=O)N1CCN(CCc2ccccn2)CC1. The molecule has 0 bridgehead atoms. The lowest BCUT2D eigenvalue weighted by Gasteiger charge is -2.35. The second-order valence-corrected chi connectivity index (χ2v) is 8.05. The number of hydrogen-bond acceptors (Lipinski definition) is 5. The van der Waals surface area contributed by atoms with Crippen molar-refractivity contribution in [3.05, 3.63) is 65.7 Å². The molecule has 168 valence electrons. The lowest BCUT2D eigenvalue weighted by molar-refractivity contribution is -0.137. The number of imide groups is 1. The largest absolute Gasteiger partial charge is 0.340 e. The van der Waals surface area contributed by atoms with E-state index in [1.165, 1.54) is 18.2 Å². The molecule has 8 nitrogen and oxygen atoms in total. The van der Waals surface area contributed by atoms with Gasteiger partial charge in [0.2, 0.25) is 5.91 Å². The molecule has 2 aliphatic rings. The average molecular weight is 439 g/mol. The minimum Gasteiger partial charge on any atom is -0.340 e. The van der Waals surface area contributed by atoms with Crippen molar-refractivity contribution in [2.24, 2.45) is 0 Å². The highest BCUT2D eigenvalue weighted by molar-refractivity contribution is 6.05. The normalized spacial score (nSPS) is 19.3. The molecule has 9 heteroatoms. The number of carbonyl (C=O) groups is 3. The summed E-state index contributed by atoms with van der Waals surface area (Å²) in [6.45, 7) is 3.55. The zero-order valence-corrected chi connectivity index (χ0v) is 17.7. The number of urea groups is 1. The summed E-state index contributed by atoms with van der Waals surface area (Å²) < 4.78 is 13.4. The van der Waals surface area contributed by atoms with Crippen LogP contribution in [-0.2, 0) is 22.6 Å². The molecule has 1 atom stereocenters. The summed E-state index contributed by atoms with van der Waals surface area (Å²) in [5.41, 5.74) is 1.56. The molecule has 4 amide bonds. The number of amides is 4. The van der Waals surface area contributed by atoms with Crippen molar-refractivity contribution in [1.82, 2.24) is 25.0 Å². The zero-order chi connectivity index (χ0) is 22.5. The van der Waals surface area contributed by atoms with E-state index in [0.717, 1.165) is 36.6 Å². The maximum absolute atomic E-state index is 13.4. The van der Waals surface area contributed by atoms with Gasteiger partial charge in [-0.15, -0.1) is 0 Å². The summed E-state index contributed by atoms with van der Waals surface area (Å²) in [5, 5.41) is 2.58. The van der Waals surface area contributed by atoms with E-state index in [9.17, 15) is 18.8 Å². The van der Waals surface area contributed by atoms with E-state index in [4.69, 9.17) is 0 Å². The summed E-state index contributed by atoms with van der Waals surface area (Å²) in [6.07, 6.45) is 2.57. The van der Waals surface area contributed by atoms with E-state index >= 15 is 0 Å². The first-order valence-electron chi connectivity index (χ1n) is 10.8. The van der Waals surface area contributed by atoms with Gasteiger partial charge < -0.3 is 10.2 Å². The zero-order valence-electron chi connectivity index (χ0n) is 17.7. The number of hydrogen-bond donors (Lipinski definition) is 1. The van der Waals surface area contributed by atoms with Crippen molar-refractivity contribution in [2.45, 2.75) is 25.4 Å². The molecule has 4 rings (SSSR count). The van der Waals surface area contributed by atoms with Crippen LogP contribution >= 0.6 is 0 Å². The van der Waals surface area contributed by atoms with E-state index in [1.807, 2.05) is 18.2 Å². The number of carbonyl (C=O) groups excluding carboxylic acids is 3. The molecule has 0 spiro atoms. The molecule has 1 N–H and O–H groups in total. The van der Waals surface area contributed by atoms with Gasteiger partial charge in [0.15, 0.2) is 0 Å². The molecule has 0 unspecified atom stereocenters. The molecular weight excluding hydrogens is 413 g/mol. The van der Waals surface area contributed by atoms with E-state index in [2.05, 4.69) is 15.2 Å². The molecule has 0 radical (unpaired) electrons. The second-order valence-electron chi connectivity index (χ2n) is 8.05. The fourth-order valence-electron chi connectivity index (χ4n) is 4.03. The van der Waals surface area contributed by atoms with Gasteiger partial charge in [0.1, 0.15) is 11.9 Å². The van der Waals surface area contributed by atoms with Crippen LogP contribution in [-0.4, -0.2) is 76.3 Å². The lowest BCUT2D eigenvalue weighted by atomic mass is 10.1. The molecule has 1 aromatic carbocycles. The van der Waals surface area contributed by atoms with Crippen molar-refractivity contribution < 1.29 is 18.8 Å². The second kappa shape index (κ2) is 9.86. The van der Waals surface area contributed by atoms with Crippen LogP contribution in [0.3, 0.4) is 0 Å². The van der Waals surface area contributed by atoms with Gasteiger partial charge in [0.05, 0.1) is 13.0 Å². The summed E-state index contributed by atoms with van der Waals surface area (Å²) in [7, 11) is 0. The van der Waals surface area contributed by atoms with Gasteiger partial charge in [-0.25, -0.2) is 9.18 Å². The van der Waals surface area contributed by atoms with Gasteiger partial charge in [0, 0.05) is 51.0 Å². The highest BCUT2D eigenvalue weighted by Gasteiger charge is 2.40. The first-order valence-corrected chi connectivity index (χ1v) is 10.8. The maximum atomic E-state index is 13.4. The molecule has 0 saturated carbocycles. The number of pyridine rings is 1. The summed E-state index contributed by atoms with van der Waals surface area (Å²) in [5.74, 6) is -1.04. The third-order valence-electron chi connectivity index (χ3n) is 5.85. The highest BCUT2D eigenvalue weighted by atomic mass is 19.1. The Morgan fingerprint density at radius 3 is 2.62 bits per heavy atom. The molecular formula is C23H26FN5O3. The Balaban J connectivity index is 1.24. The number of rotatable bonds is 7. The fraction of sp³-hybridized carbons (Fsp3) is 0.391. The predicted molar refractivity (Wildman–Crippen MR) is 115 cm³/mol. The number of nitrogens with zero attached hydrogens (tertiary/aromatic N) is 4. The number of nitrogens with one attached hydrogen (secondary N) is 1. The van der Waals surface area contributed by atoms with Gasteiger partial charge in [0.25, 0.3) is 5.91 Å². The standard InChI is InChI=1S/C23H26FN5O3/c24-18-5-3-4-17(14-18)16-29-22(31)20(26-23(29)32)15-21(30)28-12-10-27(11-13-28)9-7-19-6-1-2-8-25-19/h1-6,8,14,20H,7,9-13,15-16H2,(H,26,32)/t20-/m0/s1. The van der Waals surface area contributed by atoms with Crippen molar-refractivity contribution in [3.8, 4) is 0 Å². The molecule has 2 fully saturated rings. The smallest absolute Gasteiger partial charge is 0.325 e. The minimum absolute atomic E-state index is 0.0257. The Morgan fingerprint density at radius 1 is 1.09 bits per heavy atom. The molecule has 32 heavy (non-hydrogen) atoms. The number of halogens is 1. The molecule has 1 aromatic heterocycles. The van der Waals surface area contributed by atoms with Gasteiger partial charge in [-0.3, -0.25) is 24.4 Å². The van der Waals surface area contributed by atoms with Crippen LogP contribution in [0.25, 0.3) is 0 Å². The summed E-state index contributed by atoms with van der Waals surface area (Å²) >= 11 is 0. The number of piperazine rings is 1. The third-order valence-corrected chi connectivity index (χ3v) is 5.85. The van der Waals surface area contributed by atoms with Gasteiger partial charge >= 0.3 is 6.03 Å². The quantitative estimate of drug-likeness (QED) is 0.660. The Morgan fingerprint density at radius 2 is 1.91 bits per heavy atom. The van der Waals surface area contributed by atoms with Crippen molar-refractivity contribution in [2.75, 3.05) is 32.7 Å². The van der Waals surface area contributed by atoms with Gasteiger partial charge in [-0.05, 0) is 29.8 Å². The molecule has 0 aliphatic carbocycles. The summed E-state index contributed by atoms with van der Waals surface area (Å²) in [4.78, 5) is 47.0. The monoisotopic (exact) mass is 439 g/mol. The van der Waals surface area contributed by atoms with E-state index in [1.54, 1.807) is 17.2 Å². The Labute approximate surface area is 186 Å². The van der Waals surface area contributed by atoms with Crippen molar-refractivity contribution in [3.63, 3.8) is 0 Å². The van der Waals surface area contributed by atoms with Crippen LogP contribution in [0.2, 0.25) is 0 Å². The van der Waals surface area contributed by atoms with Crippen molar-refractivity contribution in [1.29, 1.82) is 0 Å². The first kappa shape index (κ1) is 21.9. The summed E-state index contributed by atoms with van der Waals surface area (Å²) in [6, 6.07) is 10.2. The minimum atomic E-state index is -0.884. The number of benzene rings is 1. The lowest BCUT2D eigenvalue weighted by Crippen LogP contribution is -2.50. The molecule has 2 aromatic rings. The Kier molecular flexibility index (Phi) is 6.75. The number of aromatic nitrogens is 1. The highest BCUT2D eigenvalue weighted by Crippen LogP contribution is 2.16. The van der Waals surface area contributed by atoms with Crippen molar-refractivity contribution >= 4 is 17.8 Å². The molecule has 2 aliphatic heterocycles. The maximum Gasteiger partial charge on any atom is 0.325 e. The average Bonchev–Trinajstić information content (AvgIpc) is 3.06. The Hall–Kier alpha value is -3.33. The van der Waals surface area contributed by atoms with Gasteiger partial charge in [-0.2, -0.15) is 0 Å². The van der Waals surface area contributed by atoms with E-state index in [0.29, 0.717) is 18.7 Å². The van der Waals surface area contributed by atoms with Crippen LogP contribution in [0.5, 0.6) is 0 Å². The van der Waals surface area contributed by atoms with Crippen LogP contribution in [0, 0.1) is 5.82 Å². The van der Waals surface area contributed by atoms with Crippen LogP contribution in [0.1, 0.15) is 17.7 Å². The van der Waals surface area contributed by atoms with E-state index in [-0.39, 0.29) is 18.9 Å². The van der Waals surface area contributed by atoms with Crippen LogP contribution < -0.4 is 5.32 Å². The molecule has 3 heterocycles. The Bertz CT molecular complexity index is 979.